The van der Waals surface area contributed by atoms with Crippen LogP contribution >= 0.6 is 11.3 Å². The molecule has 7 nitrogen and oxygen atoms in total. The number of para-hydroxylation sites is 1. The Morgan fingerprint density at radius 1 is 0.892 bits per heavy atom. The number of nitrogens with zero attached hydrogens (tertiary/aromatic N) is 1. The highest BCUT2D eigenvalue weighted by Gasteiger charge is 2.47. The number of anilines is 2. The molecule has 186 valence electrons. The first kappa shape index (κ1) is 24.3. The second-order valence-electron chi connectivity index (χ2n) is 8.77. The van der Waals surface area contributed by atoms with Crippen molar-refractivity contribution in [1.82, 2.24) is 4.90 Å². The molecule has 0 aliphatic carbocycles. The number of nitrogens with one attached hydrogen (secondary N) is 2. The summed E-state index contributed by atoms with van der Waals surface area (Å²) in [5.41, 5.74) is 3.86. The molecule has 1 fully saturated rings. The molecule has 2 atom stereocenters. The maximum absolute atomic E-state index is 13.5. The standard InChI is InChI=1S/C29H25N3O4S/c1-19-7-5-8-20(17-19)18-32-25(28(34)31-22-9-3-2-4-10-22)26(36-29(32)35)21-12-14-23(15-13-21)30-27(33)24-11-6-16-37-24/h2-17,25-26H,18H2,1H3,(H,30,33)(H,31,34). The Kier molecular flexibility index (Phi) is 7.00. The van der Waals surface area contributed by atoms with Gasteiger partial charge < -0.3 is 15.4 Å². The molecule has 37 heavy (non-hydrogen) atoms. The Morgan fingerprint density at radius 3 is 2.35 bits per heavy atom. The fraction of sp³-hybridized carbons (Fsp3) is 0.138. The lowest BCUT2D eigenvalue weighted by Crippen LogP contribution is -2.43. The minimum absolute atomic E-state index is 0.195. The number of ether oxygens (including phenoxy) is 1. The van der Waals surface area contributed by atoms with Gasteiger partial charge in [0.15, 0.2) is 12.1 Å². The van der Waals surface area contributed by atoms with Crippen molar-refractivity contribution >= 4 is 40.6 Å². The number of benzene rings is 3. The summed E-state index contributed by atoms with van der Waals surface area (Å²) in [6.07, 6.45) is -1.38. The Balaban J connectivity index is 1.40. The molecule has 8 heteroatoms. The van der Waals surface area contributed by atoms with E-state index in [0.29, 0.717) is 21.8 Å². The van der Waals surface area contributed by atoms with Crippen LogP contribution < -0.4 is 10.6 Å². The third kappa shape index (κ3) is 5.54. The lowest BCUT2D eigenvalue weighted by atomic mass is 10.00. The number of hydrogen-bond acceptors (Lipinski definition) is 5. The van der Waals surface area contributed by atoms with Crippen molar-refractivity contribution in [1.29, 1.82) is 0 Å². The van der Waals surface area contributed by atoms with E-state index in [-0.39, 0.29) is 18.4 Å². The minimum Gasteiger partial charge on any atom is -0.438 e. The zero-order chi connectivity index (χ0) is 25.8. The number of hydrogen-bond donors (Lipinski definition) is 2. The number of cyclic esters (lactones) is 1. The first-order valence-corrected chi connectivity index (χ1v) is 12.7. The molecule has 0 radical (unpaired) electrons. The van der Waals surface area contributed by atoms with Gasteiger partial charge in [0.1, 0.15) is 0 Å². The van der Waals surface area contributed by atoms with Gasteiger partial charge >= 0.3 is 6.09 Å². The van der Waals surface area contributed by atoms with Crippen LogP contribution in [0.25, 0.3) is 0 Å². The van der Waals surface area contributed by atoms with Crippen LogP contribution in [-0.2, 0) is 16.1 Å². The lowest BCUT2D eigenvalue weighted by molar-refractivity contribution is -0.121. The number of carbonyl (C=O) groups is 3. The van der Waals surface area contributed by atoms with Crippen molar-refractivity contribution in [2.24, 2.45) is 0 Å². The number of carbonyl (C=O) groups excluding carboxylic acids is 3. The highest BCUT2D eigenvalue weighted by molar-refractivity contribution is 7.12. The van der Waals surface area contributed by atoms with Crippen LogP contribution in [0.4, 0.5) is 16.2 Å². The molecule has 4 aromatic rings. The molecule has 2 unspecified atom stereocenters. The molecule has 3 aromatic carbocycles. The van der Waals surface area contributed by atoms with Gasteiger partial charge in [-0.1, -0.05) is 66.2 Å². The molecule has 0 spiro atoms. The lowest BCUT2D eigenvalue weighted by Gasteiger charge is -2.24. The monoisotopic (exact) mass is 511 g/mol. The predicted molar refractivity (Wildman–Crippen MR) is 144 cm³/mol. The van der Waals surface area contributed by atoms with E-state index in [0.717, 1.165) is 11.1 Å². The van der Waals surface area contributed by atoms with Crippen molar-refractivity contribution in [2.75, 3.05) is 10.6 Å². The van der Waals surface area contributed by atoms with Crippen LogP contribution in [0.5, 0.6) is 0 Å². The molecule has 1 aromatic heterocycles. The third-order valence-electron chi connectivity index (χ3n) is 6.07. The van der Waals surface area contributed by atoms with Crippen molar-refractivity contribution in [2.45, 2.75) is 25.6 Å². The van der Waals surface area contributed by atoms with E-state index in [4.69, 9.17) is 4.74 Å². The molecular formula is C29H25N3O4S. The van der Waals surface area contributed by atoms with Crippen LogP contribution in [0.1, 0.15) is 32.5 Å². The van der Waals surface area contributed by atoms with Gasteiger partial charge in [0, 0.05) is 11.4 Å². The molecule has 0 saturated carbocycles. The van der Waals surface area contributed by atoms with Crippen LogP contribution in [0.2, 0.25) is 0 Å². The molecule has 1 aliphatic rings. The minimum atomic E-state index is -0.889. The normalized spacial score (nSPS) is 16.8. The fourth-order valence-electron chi connectivity index (χ4n) is 4.31. The summed E-state index contributed by atoms with van der Waals surface area (Å²) in [6.45, 7) is 2.21. The van der Waals surface area contributed by atoms with Gasteiger partial charge in [0.2, 0.25) is 0 Å². The average molecular weight is 512 g/mol. The third-order valence-corrected chi connectivity index (χ3v) is 6.94. The van der Waals surface area contributed by atoms with Gasteiger partial charge in [0.05, 0.1) is 11.4 Å². The maximum Gasteiger partial charge on any atom is 0.411 e. The second kappa shape index (κ2) is 10.7. The van der Waals surface area contributed by atoms with Gasteiger partial charge in [-0.2, -0.15) is 0 Å². The largest absolute Gasteiger partial charge is 0.438 e. The molecule has 1 saturated heterocycles. The molecular weight excluding hydrogens is 486 g/mol. The number of rotatable bonds is 7. The zero-order valence-electron chi connectivity index (χ0n) is 20.1. The van der Waals surface area contributed by atoms with Gasteiger partial charge in [0.25, 0.3) is 11.8 Å². The summed E-state index contributed by atoms with van der Waals surface area (Å²) in [5.74, 6) is -0.538. The van der Waals surface area contributed by atoms with E-state index in [1.165, 1.54) is 16.2 Å². The Hall–Kier alpha value is -4.43. The summed E-state index contributed by atoms with van der Waals surface area (Å²) < 4.78 is 5.75. The van der Waals surface area contributed by atoms with Gasteiger partial charge in [-0.15, -0.1) is 11.3 Å². The maximum atomic E-state index is 13.5. The van der Waals surface area contributed by atoms with Crippen LogP contribution in [0.15, 0.2) is 96.4 Å². The van der Waals surface area contributed by atoms with Crippen LogP contribution in [-0.4, -0.2) is 28.8 Å². The second-order valence-corrected chi connectivity index (χ2v) is 9.72. The Bertz CT molecular complexity index is 1400. The van der Waals surface area contributed by atoms with Crippen LogP contribution in [0.3, 0.4) is 0 Å². The first-order chi connectivity index (χ1) is 18.0. The van der Waals surface area contributed by atoms with E-state index in [1.54, 1.807) is 42.5 Å². The topological polar surface area (TPSA) is 87.7 Å². The Morgan fingerprint density at radius 2 is 1.65 bits per heavy atom. The number of thiophene rings is 1. The first-order valence-electron chi connectivity index (χ1n) is 11.8. The summed E-state index contributed by atoms with van der Waals surface area (Å²) in [5, 5.41) is 7.62. The number of amides is 3. The summed E-state index contributed by atoms with van der Waals surface area (Å²) >= 11 is 1.36. The highest BCUT2D eigenvalue weighted by atomic mass is 32.1. The van der Waals surface area contributed by atoms with Crippen LogP contribution in [0, 0.1) is 6.92 Å². The van der Waals surface area contributed by atoms with E-state index in [2.05, 4.69) is 10.6 Å². The van der Waals surface area contributed by atoms with Crippen molar-refractivity contribution in [3.63, 3.8) is 0 Å². The summed E-state index contributed by atoms with van der Waals surface area (Å²) in [7, 11) is 0. The summed E-state index contributed by atoms with van der Waals surface area (Å²) in [6, 6.07) is 26.6. The summed E-state index contributed by atoms with van der Waals surface area (Å²) in [4.78, 5) is 41.0. The quantitative estimate of drug-likeness (QED) is 0.318. The zero-order valence-corrected chi connectivity index (χ0v) is 20.9. The molecule has 2 N–H and O–H groups in total. The molecule has 2 heterocycles. The molecule has 5 rings (SSSR count). The SMILES string of the molecule is Cc1cccc(CN2C(=O)OC(c3ccc(NC(=O)c4cccs4)cc3)C2C(=O)Nc2ccccc2)c1. The predicted octanol–water partition coefficient (Wildman–Crippen LogP) is 6.01. The Labute approximate surface area is 218 Å². The molecule has 0 bridgehead atoms. The van der Waals surface area contributed by atoms with Gasteiger partial charge in [-0.05, 0) is 53.8 Å². The van der Waals surface area contributed by atoms with Gasteiger partial charge in [-0.3, -0.25) is 14.5 Å². The average Bonchev–Trinajstić information content (AvgIpc) is 3.54. The van der Waals surface area contributed by atoms with E-state index < -0.39 is 18.2 Å². The smallest absolute Gasteiger partial charge is 0.411 e. The van der Waals surface area contributed by atoms with Gasteiger partial charge in [-0.25, -0.2) is 4.79 Å². The number of aryl methyl sites for hydroxylation is 1. The van der Waals surface area contributed by atoms with Crippen molar-refractivity contribution in [3.05, 3.63) is 118 Å². The van der Waals surface area contributed by atoms with E-state index >= 15 is 0 Å². The van der Waals surface area contributed by atoms with E-state index in [1.807, 2.05) is 60.8 Å². The fourth-order valence-corrected chi connectivity index (χ4v) is 4.93. The van der Waals surface area contributed by atoms with E-state index in [9.17, 15) is 14.4 Å². The van der Waals surface area contributed by atoms with Crippen molar-refractivity contribution in [3.8, 4) is 0 Å². The molecule has 3 amide bonds. The highest BCUT2D eigenvalue weighted by Crippen LogP contribution is 2.35. The van der Waals surface area contributed by atoms with Crippen molar-refractivity contribution < 1.29 is 19.1 Å². The molecule has 1 aliphatic heterocycles.